The first-order chi connectivity index (χ1) is 27.5. The summed E-state index contributed by atoms with van der Waals surface area (Å²) >= 11 is 0. The second-order valence-corrected chi connectivity index (χ2v) is 12.4. The van der Waals surface area contributed by atoms with Crippen molar-refractivity contribution in [2.75, 3.05) is 23.8 Å². The lowest BCUT2D eigenvalue weighted by molar-refractivity contribution is 0.101. The summed E-state index contributed by atoms with van der Waals surface area (Å²) in [6.07, 6.45) is 2.92. The zero-order chi connectivity index (χ0) is 40.9. The number of unbranched alkanes of at least 4 members (excludes halogenated alkanes) is 1. The Balaban J connectivity index is 0.000000218. The van der Waals surface area contributed by atoms with Crippen molar-refractivity contribution in [2.45, 2.75) is 33.1 Å². The number of anilines is 2. The van der Waals surface area contributed by atoms with Crippen LogP contribution in [0.3, 0.4) is 0 Å². The number of benzene rings is 4. The van der Waals surface area contributed by atoms with E-state index < -0.39 is 0 Å². The average molecular weight is 775 g/mol. The van der Waals surface area contributed by atoms with Gasteiger partial charge in [0.1, 0.15) is 17.1 Å². The van der Waals surface area contributed by atoms with Crippen molar-refractivity contribution < 1.29 is 27.9 Å². The molecule has 6 rings (SSSR count). The Morgan fingerprint density at radius 1 is 0.649 bits per heavy atom. The Hall–Kier alpha value is -7.62. The highest BCUT2D eigenvalue weighted by molar-refractivity contribution is 6.08. The number of nitrogens with zero attached hydrogens (tertiary/aromatic N) is 2. The lowest BCUT2D eigenvalue weighted by Crippen LogP contribution is -2.18. The van der Waals surface area contributed by atoms with Gasteiger partial charge >= 0.3 is 0 Å². The molecule has 0 atom stereocenters. The zero-order valence-corrected chi connectivity index (χ0v) is 31.2. The highest BCUT2D eigenvalue weighted by Gasteiger charge is 2.15. The van der Waals surface area contributed by atoms with E-state index in [0.29, 0.717) is 63.6 Å². The molecule has 2 heterocycles. The Kier molecular flexibility index (Phi) is 13.6. The molecule has 294 valence electrons. The molecular weight excluding hydrogens is 732 g/mol. The summed E-state index contributed by atoms with van der Waals surface area (Å²) < 4.78 is 22.3. The smallest absolute Gasteiger partial charge is 0.255 e. The van der Waals surface area contributed by atoms with Crippen LogP contribution in [0.1, 0.15) is 65.3 Å². The molecule has 0 radical (unpaired) electrons. The molecule has 57 heavy (non-hydrogen) atoms. The number of hydrogen-bond acceptors (Lipinski definition) is 12. The zero-order valence-electron chi connectivity index (χ0n) is 31.2. The van der Waals surface area contributed by atoms with Gasteiger partial charge in [0.05, 0.1) is 29.7 Å². The maximum Gasteiger partial charge on any atom is 0.255 e. The van der Waals surface area contributed by atoms with Crippen molar-refractivity contribution in [3.63, 3.8) is 0 Å². The van der Waals surface area contributed by atoms with Crippen LogP contribution in [0, 0.1) is 0 Å². The third-order valence-electron chi connectivity index (χ3n) is 8.24. The standard InChI is InChI=1S/C21H22N4O4.C20H20N4O4/c1-2-3-11-28-14-9-7-13(8-10-14)21(27)24-16-6-4-5-15-17(26)12-18(20(22)25-23)29-19(15)16;1-2-9-27-14-6-3-12(4-7-14)20(26)23-13-5-8-17-15(10-13)16(25)11-18(28-17)19(21)24-22/h4-10,12H,2-3,11,23H2,1H3,(H2,22,25)(H,24,27);3-8,10-11H,2,9,22H2,1H3,(H2,21,24)(H,23,26). The summed E-state index contributed by atoms with van der Waals surface area (Å²) in [4.78, 5) is 49.7. The van der Waals surface area contributed by atoms with Crippen molar-refractivity contribution in [1.82, 2.24) is 0 Å². The van der Waals surface area contributed by atoms with Crippen LogP contribution < -0.4 is 54.1 Å². The molecule has 6 aromatic rings. The summed E-state index contributed by atoms with van der Waals surface area (Å²) in [6.45, 7) is 5.37. The number of nitrogens with one attached hydrogen (secondary N) is 2. The number of hydrogen-bond donors (Lipinski definition) is 6. The van der Waals surface area contributed by atoms with Crippen LogP contribution >= 0.6 is 0 Å². The number of para-hydroxylation sites is 1. The van der Waals surface area contributed by atoms with Gasteiger partial charge in [0, 0.05) is 28.9 Å². The molecule has 0 aliphatic rings. The van der Waals surface area contributed by atoms with Crippen LogP contribution in [0.5, 0.6) is 11.5 Å². The fourth-order valence-electron chi connectivity index (χ4n) is 5.25. The highest BCUT2D eigenvalue weighted by Crippen LogP contribution is 2.24. The second-order valence-electron chi connectivity index (χ2n) is 12.4. The number of amides is 2. The molecule has 0 bridgehead atoms. The van der Waals surface area contributed by atoms with E-state index in [1.54, 1.807) is 78.9 Å². The Bertz CT molecular complexity index is 2550. The summed E-state index contributed by atoms with van der Waals surface area (Å²) in [6, 6.07) is 25.7. The first-order valence-corrected chi connectivity index (χ1v) is 17.9. The summed E-state index contributed by atoms with van der Waals surface area (Å²) in [5, 5.41) is 12.8. The van der Waals surface area contributed by atoms with E-state index in [0.717, 1.165) is 19.3 Å². The van der Waals surface area contributed by atoms with Gasteiger partial charge in [0.15, 0.2) is 39.6 Å². The van der Waals surface area contributed by atoms with E-state index >= 15 is 0 Å². The van der Waals surface area contributed by atoms with Gasteiger partial charge < -0.3 is 52.1 Å². The fourth-order valence-corrected chi connectivity index (χ4v) is 5.25. The van der Waals surface area contributed by atoms with E-state index in [-0.39, 0.29) is 51.4 Å². The molecule has 0 aliphatic carbocycles. The van der Waals surface area contributed by atoms with Crippen LogP contribution in [0.2, 0.25) is 0 Å². The van der Waals surface area contributed by atoms with Gasteiger partial charge in [-0.05, 0) is 91.7 Å². The van der Waals surface area contributed by atoms with E-state index in [9.17, 15) is 19.2 Å². The normalized spacial score (nSPS) is 11.4. The van der Waals surface area contributed by atoms with Gasteiger partial charge in [-0.1, -0.05) is 26.3 Å². The third-order valence-corrected chi connectivity index (χ3v) is 8.24. The van der Waals surface area contributed by atoms with E-state index in [1.165, 1.54) is 18.2 Å². The predicted molar refractivity (Wildman–Crippen MR) is 220 cm³/mol. The number of fused-ring (bicyclic) bond motifs is 2. The Labute approximate surface area is 326 Å². The van der Waals surface area contributed by atoms with Gasteiger partial charge in [-0.15, -0.1) is 0 Å². The molecule has 0 saturated carbocycles. The number of ether oxygens (including phenoxy) is 2. The molecule has 16 heteroatoms. The quantitative estimate of drug-likeness (QED) is 0.0290. The summed E-state index contributed by atoms with van der Waals surface area (Å²) in [7, 11) is 0. The van der Waals surface area contributed by atoms with Crippen LogP contribution in [0.25, 0.3) is 21.9 Å². The lowest BCUT2D eigenvalue weighted by atomic mass is 10.1. The van der Waals surface area contributed by atoms with Crippen LogP contribution in [-0.4, -0.2) is 36.7 Å². The van der Waals surface area contributed by atoms with Crippen LogP contribution in [0.15, 0.2) is 126 Å². The van der Waals surface area contributed by atoms with Crippen molar-refractivity contribution in [3.05, 3.63) is 140 Å². The van der Waals surface area contributed by atoms with Crippen molar-refractivity contribution in [2.24, 2.45) is 33.4 Å². The number of hydrazone groups is 2. The first-order valence-electron chi connectivity index (χ1n) is 17.9. The van der Waals surface area contributed by atoms with E-state index in [4.69, 9.17) is 41.5 Å². The second kappa shape index (κ2) is 19.1. The molecule has 0 spiro atoms. The Morgan fingerprint density at radius 3 is 1.79 bits per heavy atom. The average Bonchev–Trinajstić information content (AvgIpc) is 3.23. The molecule has 2 aromatic heterocycles. The molecular formula is C41H42N8O8. The van der Waals surface area contributed by atoms with Gasteiger partial charge in [0.25, 0.3) is 11.8 Å². The minimum Gasteiger partial charge on any atom is -0.494 e. The third kappa shape index (κ3) is 10.3. The Morgan fingerprint density at radius 2 is 1.21 bits per heavy atom. The first kappa shape index (κ1) is 40.6. The molecule has 10 N–H and O–H groups in total. The summed E-state index contributed by atoms with van der Waals surface area (Å²) in [5.41, 5.74) is 12.8. The number of nitrogens with two attached hydrogens (primary N) is 4. The van der Waals surface area contributed by atoms with Gasteiger partial charge in [-0.3, -0.25) is 19.2 Å². The SMILES string of the molecule is CCCCOc1ccc(C(=O)Nc2cccc3c(=O)cc(C(N)=NN)oc23)cc1.CCCOc1ccc(C(=O)Nc2ccc3oc(C(N)=NN)cc(=O)c3c2)cc1. The van der Waals surface area contributed by atoms with Crippen molar-refractivity contribution in [1.29, 1.82) is 0 Å². The molecule has 2 amide bonds. The van der Waals surface area contributed by atoms with Gasteiger partial charge in [-0.2, -0.15) is 10.2 Å². The fraction of sp³-hybridized carbons (Fsp3) is 0.171. The number of amidine groups is 2. The van der Waals surface area contributed by atoms with Crippen molar-refractivity contribution >= 4 is 56.8 Å². The largest absolute Gasteiger partial charge is 0.494 e. The van der Waals surface area contributed by atoms with Gasteiger partial charge in [-0.25, -0.2) is 0 Å². The van der Waals surface area contributed by atoms with Crippen molar-refractivity contribution in [3.8, 4) is 11.5 Å². The minimum atomic E-state index is -0.355. The van der Waals surface area contributed by atoms with Crippen LogP contribution in [-0.2, 0) is 0 Å². The maximum atomic E-state index is 12.6. The van der Waals surface area contributed by atoms with Crippen LogP contribution in [0.4, 0.5) is 11.4 Å². The number of carbonyl (C=O) groups excluding carboxylic acids is 2. The molecule has 0 saturated heterocycles. The topological polar surface area (TPSA) is 266 Å². The molecule has 16 nitrogen and oxygen atoms in total. The molecule has 0 aliphatic heterocycles. The summed E-state index contributed by atoms with van der Waals surface area (Å²) in [5.74, 6) is 10.9. The minimum absolute atomic E-state index is 0.0280. The molecule has 4 aromatic carbocycles. The predicted octanol–water partition coefficient (Wildman–Crippen LogP) is 5.22. The highest BCUT2D eigenvalue weighted by atomic mass is 16.5. The molecule has 0 unspecified atom stereocenters. The monoisotopic (exact) mass is 774 g/mol. The van der Waals surface area contributed by atoms with E-state index in [1.807, 2.05) is 6.92 Å². The lowest BCUT2D eigenvalue weighted by Gasteiger charge is -2.10. The maximum absolute atomic E-state index is 12.6. The molecule has 0 fully saturated rings. The van der Waals surface area contributed by atoms with Gasteiger partial charge in [0.2, 0.25) is 0 Å². The number of rotatable bonds is 13. The van der Waals surface area contributed by atoms with E-state index in [2.05, 4.69) is 27.8 Å². The number of carbonyl (C=O) groups is 2.